The topological polar surface area (TPSA) is 34.2 Å². The van der Waals surface area contributed by atoms with Gasteiger partial charge in [0.2, 0.25) is 0 Å². The Labute approximate surface area is 114 Å². The Bertz CT molecular complexity index is 358. The van der Waals surface area contributed by atoms with Crippen molar-refractivity contribution in [2.24, 2.45) is 0 Å². The normalized spacial score (nSPS) is 26.2. The molecular weight excluding hydrogens is 244 g/mol. The minimum atomic E-state index is 0.374. The van der Waals surface area contributed by atoms with Gasteiger partial charge in [-0.1, -0.05) is 6.92 Å². The Balaban J connectivity index is 1.82. The molecular formula is C14H24N2OS. The van der Waals surface area contributed by atoms with Crippen molar-refractivity contribution in [3.05, 3.63) is 16.1 Å². The summed E-state index contributed by atoms with van der Waals surface area (Å²) >= 11 is 1.84. The second kappa shape index (κ2) is 6.64. The van der Waals surface area contributed by atoms with Crippen LogP contribution >= 0.6 is 11.3 Å². The molecule has 0 amide bonds. The van der Waals surface area contributed by atoms with Crippen LogP contribution in [0.1, 0.15) is 55.5 Å². The summed E-state index contributed by atoms with van der Waals surface area (Å²) < 4.78 is 5.41. The number of methoxy groups -OCH3 is 1. The first-order chi connectivity index (χ1) is 8.72. The molecule has 1 aromatic rings. The molecule has 0 aliphatic heterocycles. The Morgan fingerprint density at radius 3 is 2.72 bits per heavy atom. The van der Waals surface area contributed by atoms with Crippen molar-refractivity contribution in [3.8, 4) is 0 Å². The van der Waals surface area contributed by atoms with Crippen molar-refractivity contribution in [1.29, 1.82) is 0 Å². The van der Waals surface area contributed by atoms with E-state index in [0.29, 0.717) is 18.2 Å². The first-order valence-electron chi connectivity index (χ1n) is 6.96. The molecule has 1 fully saturated rings. The zero-order chi connectivity index (χ0) is 13.0. The Morgan fingerprint density at radius 1 is 1.44 bits per heavy atom. The van der Waals surface area contributed by atoms with E-state index in [9.17, 15) is 0 Å². The number of aromatic nitrogens is 1. The van der Waals surface area contributed by atoms with Crippen LogP contribution < -0.4 is 5.32 Å². The fourth-order valence-electron chi connectivity index (χ4n) is 2.58. The van der Waals surface area contributed by atoms with Gasteiger partial charge in [0.15, 0.2) is 0 Å². The lowest BCUT2D eigenvalue weighted by atomic mass is 9.92. The predicted molar refractivity (Wildman–Crippen MR) is 76.1 cm³/mol. The highest BCUT2D eigenvalue weighted by Crippen LogP contribution is 2.25. The minimum Gasteiger partial charge on any atom is -0.381 e. The van der Waals surface area contributed by atoms with Crippen LogP contribution in [-0.2, 0) is 11.2 Å². The number of ether oxygens (including phenoxy) is 1. The predicted octanol–water partition coefficient (Wildman–Crippen LogP) is 3.31. The molecule has 1 atom stereocenters. The molecule has 0 radical (unpaired) electrons. The van der Waals surface area contributed by atoms with Gasteiger partial charge in [-0.05, 0) is 39.0 Å². The molecule has 2 rings (SSSR count). The van der Waals surface area contributed by atoms with Gasteiger partial charge in [-0.15, -0.1) is 11.3 Å². The molecule has 1 N–H and O–H groups in total. The zero-order valence-electron chi connectivity index (χ0n) is 11.6. The molecule has 3 nitrogen and oxygen atoms in total. The number of hydrogen-bond acceptors (Lipinski definition) is 4. The molecule has 1 unspecified atom stereocenters. The first kappa shape index (κ1) is 14.0. The van der Waals surface area contributed by atoms with Gasteiger partial charge in [0.05, 0.1) is 12.1 Å². The van der Waals surface area contributed by atoms with Gasteiger partial charge < -0.3 is 10.1 Å². The van der Waals surface area contributed by atoms with E-state index in [4.69, 9.17) is 4.74 Å². The van der Waals surface area contributed by atoms with Gasteiger partial charge in [0.25, 0.3) is 0 Å². The smallest absolute Gasteiger partial charge is 0.109 e. The molecule has 1 saturated carbocycles. The lowest BCUT2D eigenvalue weighted by molar-refractivity contribution is 0.0614. The van der Waals surface area contributed by atoms with E-state index in [1.807, 2.05) is 24.6 Å². The summed E-state index contributed by atoms with van der Waals surface area (Å²) in [5, 5.41) is 4.93. The van der Waals surface area contributed by atoms with Crippen molar-refractivity contribution in [2.45, 2.75) is 64.1 Å². The molecule has 1 aliphatic rings. The van der Waals surface area contributed by atoms with Crippen LogP contribution in [0.5, 0.6) is 0 Å². The highest BCUT2D eigenvalue weighted by molar-refractivity contribution is 7.11. The second-order valence-electron chi connectivity index (χ2n) is 5.12. The highest BCUT2D eigenvalue weighted by Gasteiger charge is 2.22. The van der Waals surface area contributed by atoms with Gasteiger partial charge >= 0.3 is 0 Å². The summed E-state index contributed by atoms with van der Waals surface area (Å²) in [5.41, 5.74) is 0. The van der Waals surface area contributed by atoms with Crippen molar-refractivity contribution < 1.29 is 4.74 Å². The fraction of sp³-hybridized carbons (Fsp3) is 0.786. The number of nitrogens with zero attached hydrogens (tertiary/aromatic N) is 1. The van der Waals surface area contributed by atoms with Gasteiger partial charge in [-0.3, -0.25) is 0 Å². The molecule has 1 aromatic heterocycles. The van der Waals surface area contributed by atoms with E-state index in [1.54, 1.807) is 0 Å². The molecule has 1 aliphatic carbocycles. The number of hydrogen-bond donors (Lipinski definition) is 1. The molecule has 0 saturated heterocycles. The van der Waals surface area contributed by atoms with Crippen LogP contribution in [0.3, 0.4) is 0 Å². The molecule has 102 valence electrons. The Kier molecular flexibility index (Phi) is 5.15. The van der Waals surface area contributed by atoms with Crippen LogP contribution in [0.15, 0.2) is 6.20 Å². The van der Waals surface area contributed by atoms with Crippen LogP contribution in [0.25, 0.3) is 0 Å². The summed E-state index contributed by atoms with van der Waals surface area (Å²) in [6.07, 6.45) is 8.37. The SMILES string of the molecule is CCc1cnc(C(C)NC2CCC(OC)CC2)s1. The number of rotatable bonds is 5. The van der Waals surface area contributed by atoms with Crippen molar-refractivity contribution in [1.82, 2.24) is 10.3 Å². The van der Waals surface area contributed by atoms with E-state index in [2.05, 4.69) is 24.1 Å². The summed E-state index contributed by atoms with van der Waals surface area (Å²) in [5.74, 6) is 0. The number of nitrogens with one attached hydrogen (secondary N) is 1. The molecule has 0 spiro atoms. The maximum atomic E-state index is 5.41. The minimum absolute atomic E-state index is 0.374. The Morgan fingerprint density at radius 2 is 2.17 bits per heavy atom. The molecule has 1 heterocycles. The average Bonchev–Trinajstić information content (AvgIpc) is 2.88. The van der Waals surface area contributed by atoms with Gasteiger partial charge in [-0.2, -0.15) is 0 Å². The van der Waals surface area contributed by atoms with Crippen molar-refractivity contribution in [2.75, 3.05) is 7.11 Å². The lowest BCUT2D eigenvalue weighted by Crippen LogP contribution is -2.36. The monoisotopic (exact) mass is 268 g/mol. The fourth-order valence-corrected chi connectivity index (χ4v) is 3.44. The summed E-state index contributed by atoms with van der Waals surface area (Å²) in [4.78, 5) is 5.89. The van der Waals surface area contributed by atoms with Gasteiger partial charge in [0, 0.05) is 24.2 Å². The van der Waals surface area contributed by atoms with Crippen molar-refractivity contribution in [3.63, 3.8) is 0 Å². The molecule has 18 heavy (non-hydrogen) atoms. The van der Waals surface area contributed by atoms with E-state index in [0.717, 1.165) is 6.42 Å². The van der Waals surface area contributed by atoms with Gasteiger partial charge in [0.1, 0.15) is 5.01 Å². The van der Waals surface area contributed by atoms with E-state index in [1.165, 1.54) is 35.6 Å². The third kappa shape index (κ3) is 3.53. The maximum absolute atomic E-state index is 5.41. The summed E-state index contributed by atoms with van der Waals surface area (Å²) in [6, 6.07) is 1.000. The highest BCUT2D eigenvalue weighted by atomic mass is 32.1. The summed E-state index contributed by atoms with van der Waals surface area (Å²) in [6.45, 7) is 4.40. The second-order valence-corrected chi connectivity index (χ2v) is 6.26. The third-order valence-electron chi connectivity index (χ3n) is 3.78. The molecule has 4 heteroatoms. The van der Waals surface area contributed by atoms with Crippen molar-refractivity contribution >= 4 is 11.3 Å². The van der Waals surface area contributed by atoms with E-state index in [-0.39, 0.29) is 0 Å². The van der Waals surface area contributed by atoms with E-state index < -0.39 is 0 Å². The van der Waals surface area contributed by atoms with Crippen LogP contribution in [0.4, 0.5) is 0 Å². The lowest BCUT2D eigenvalue weighted by Gasteiger charge is -2.30. The average molecular weight is 268 g/mol. The standard InChI is InChI=1S/C14H24N2OS/c1-4-13-9-15-14(18-13)10(2)16-11-5-7-12(17-3)8-6-11/h9-12,16H,4-8H2,1-3H3. The Hall–Kier alpha value is -0.450. The van der Waals surface area contributed by atoms with Crippen LogP contribution in [-0.4, -0.2) is 24.2 Å². The van der Waals surface area contributed by atoms with Gasteiger partial charge in [-0.25, -0.2) is 4.98 Å². The number of aryl methyl sites for hydroxylation is 1. The van der Waals surface area contributed by atoms with Crippen LogP contribution in [0, 0.1) is 0 Å². The third-order valence-corrected chi connectivity index (χ3v) is 5.11. The zero-order valence-corrected chi connectivity index (χ0v) is 12.4. The first-order valence-corrected chi connectivity index (χ1v) is 7.78. The number of thiazole rings is 1. The largest absolute Gasteiger partial charge is 0.381 e. The summed E-state index contributed by atoms with van der Waals surface area (Å²) in [7, 11) is 1.82. The van der Waals surface area contributed by atoms with Crippen LogP contribution in [0.2, 0.25) is 0 Å². The molecule has 0 bridgehead atoms. The molecule has 0 aromatic carbocycles. The van der Waals surface area contributed by atoms with E-state index >= 15 is 0 Å². The maximum Gasteiger partial charge on any atom is 0.109 e. The quantitative estimate of drug-likeness (QED) is 0.889.